The van der Waals surface area contributed by atoms with Crippen LogP contribution in [0.2, 0.25) is 0 Å². The third-order valence-corrected chi connectivity index (χ3v) is 4.70. The van der Waals surface area contributed by atoms with E-state index in [1.807, 2.05) is 26.0 Å². The molecule has 1 heterocycles. The van der Waals surface area contributed by atoms with E-state index in [0.717, 1.165) is 18.4 Å². The predicted octanol–water partition coefficient (Wildman–Crippen LogP) is 3.38. The molecule has 0 spiro atoms. The molecule has 2 nitrogen and oxygen atoms in total. The fraction of sp³-hybridized carbons (Fsp3) is 0.538. The van der Waals surface area contributed by atoms with Gasteiger partial charge in [-0.3, -0.25) is 0 Å². The van der Waals surface area contributed by atoms with Crippen LogP contribution in [0.5, 0.6) is 0 Å². The summed E-state index contributed by atoms with van der Waals surface area (Å²) in [7, 11) is -3.01. The van der Waals surface area contributed by atoms with Gasteiger partial charge in [0.1, 0.15) is 0 Å². The molecule has 90 valence electrons. The van der Waals surface area contributed by atoms with Gasteiger partial charge in [-0.15, -0.1) is 0 Å². The molecular weight excluding hydrogens is 220 g/mol. The van der Waals surface area contributed by atoms with Gasteiger partial charge in [-0.1, -0.05) is 39.0 Å². The summed E-state index contributed by atoms with van der Waals surface area (Å²) >= 11 is 0. The molecule has 1 aliphatic rings. The number of hydrogen-bond acceptors (Lipinski definition) is 2. The molecule has 0 fully saturated rings. The number of hydrogen-bond donors (Lipinski definition) is 0. The molecule has 1 aromatic carbocycles. The molecule has 0 radical (unpaired) electrons. The Kier molecular flexibility index (Phi) is 4.54. The highest BCUT2D eigenvalue weighted by atomic mass is 32.2. The van der Waals surface area contributed by atoms with E-state index in [4.69, 9.17) is 0 Å². The molecule has 0 aliphatic carbocycles. The highest BCUT2D eigenvalue weighted by Gasteiger charge is 2.24. The van der Waals surface area contributed by atoms with Crippen molar-refractivity contribution in [1.29, 1.82) is 0 Å². The molecule has 0 saturated carbocycles. The number of fused-ring (bicyclic) bond motifs is 1. The van der Waals surface area contributed by atoms with Crippen molar-refractivity contribution < 1.29 is 8.42 Å². The zero-order valence-electron chi connectivity index (χ0n) is 10.2. The van der Waals surface area contributed by atoms with Crippen molar-refractivity contribution in [2.75, 3.05) is 5.75 Å². The lowest BCUT2D eigenvalue weighted by Gasteiger charge is -2.10. The Balaban J connectivity index is 0.000000606. The van der Waals surface area contributed by atoms with Crippen LogP contribution in [-0.4, -0.2) is 14.2 Å². The summed E-state index contributed by atoms with van der Waals surface area (Å²) in [6, 6.07) is 7.37. The van der Waals surface area contributed by atoms with Crippen molar-refractivity contribution in [3.05, 3.63) is 29.8 Å². The maximum atomic E-state index is 11.8. The summed E-state index contributed by atoms with van der Waals surface area (Å²) in [5.74, 6) is 0.664. The van der Waals surface area contributed by atoms with Gasteiger partial charge >= 0.3 is 0 Å². The van der Waals surface area contributed by atoms with Gasteiger partial charge in [-0.2, -0.15) is 0 Å². The molecule has 3 heteroatoms. The Bertz CT molecular complexity index is 435. The second kappa shape index (κ2) is 5.48. The van der Waals surface area contributed by atoms with Crippen LogP contribution in [-0.2, 0) is 9.84 Å². The molecule has 0 aromatic heterocycles. The Morgan fingerprint density at radius 1 is 1.19 bits per heavy atom. The van der Waals surface area contributed by atoms with Gasteiger partial charge in [0.15, 0.2) is 9.84 Å². The standard InChI is InChI=1S/C11H14O2S.C2H6/c1-9-5-4-8-14(12,13)11-7-3-2-6-10(9)11;1-2/h2-3,6-7,9H,4-5,8H2,1H3;1-2H3. The van der Waals surface area contributed by atoms with Crippen molar-refractivity contribution in [2.45, 2.75) is 44.4 Å². The van der Waals surface area contributed by atoms with Crippen LogP contribution in [0.1, 0.15) is 45.1 Å². The molecule has 0 saturated heterocycles. The van der Waals surface area contributed by atoms with Gasteiger partial charge in [0.05, 0.1) is 10.6 Å². The monoisotopic (exact) mass is 240 g/mol. The van der Waals surface area contributed by atoms with E-state index in [9.17, 15) is 8.42 Å². The summed E-state index contributed by atoms with van der Waals surface area (Å²) in [6.45, 7) is 6.10. The van der Waals surface area contributed by atoms with Gasteiger partial charge in [0.2, 0.25) is 0 Å². The molecule has 1 atom stereocenters. The summed E-state index contributed by atoms with van der Waals surface area (Å²) < 4.78 is 23.7. The first-order valence-electron chi connectivity index (χ1n) is 5.93. The Morgan fingerprint density at radius 2 is 1.81 bits per heavy atom. The summed E-state index contributed by atoms with van der Waals surface area (Å²) in [6.07, 6.45) is 1.74. The number of rotatable bonds is 0. The van der Waals surface area contributed by atoms with Crippen molar-refractivity contribution in [1.82, 2.24) is 0 Å². The average molecular weight is 240 g/mol. The van der Waals surface area contributed by atoms with Crippen molar-refractivity contribution in [3.8, 4) is 0 Å². The molecule has 1 aliphatic heterocycles. The van der Waals surface area contributed by atoms with Crippen LogP contribution in [0.4, 0.5) is 0 Å². The normalized spacial score (nSPS) is 22.3. The smallest absolute Gasteiger partial charge is 0.178 e. The van der Waals surface area contributed by atoms with Crippen molar-refractivity contribution in [2.24, 2.45) is 0 Å². The zero-order valence-corrected chi connectivity index (χ0v) is 11.0. The molecule has 0 amide bonds. The molecule has 2 rings (SSSR count). The number of benzene rings is 1. The summed E-state index contributed by atoms with van der Waals surface area (Å²) in [5.41, 5.74) is 0.991. The highest BCUT2D eigenvalue weighted by Crippen LogP contribution is 2.31. The van der Waals surface area contributed by atoms with Gasteiger partial charge < -0.3 is 0 Å². The minimum atomic E-state index is -3.01. The van der Waals surface area contributed by atoms with Crippen molar-refractivity contribution in [3.63, 3.8) is 0 Å². The van der Waals surface area contributed by atoms with Crippen LogP contribution in [0.15, 0.2) is 29.2 Å². The minimum Gasteiger partial charge on any atom is -0.224 e. The quantitative estimate of drug-likeness (QED) is 0.696. The van der Waals surface area contributed by atoms with Crippen LogP contribution in [0, 0.1) is 0 Å². The Hall–Kier alpha value is -0.830. The largest absolute Gasteiger partial charge is 0.224 e. The first-order chi connectivity index (χ1) is 7.61. The van der Waals surface area contributed by atoms with Gasteiger partial charge in [0.25, 0.3) is 0 Å². The zero-order chi connectivity index (χ0) is 12.2. The molecular formula is C13H20O2S. The SMILES string of the molecule is CC.CC1CCCS(=O)(=O)c2ccccc21. The lowest BCUT2D eigenvalue weighted by Crippen LogP contribution is -2.05. The van der Waals surface area contributed by atoms with Crippen LogP contribution in [0.25, 0.3) is 0 Å². The van der Waals surface area contributed by atoms with Gasteiger partial charge in [-0.05, 0) is 30.4 Å². The number of sulfone groups is 1. The molecule has 1 aromatic rings. The third kappa shape index (κ3) is 2.64. The van der Waals surface area contributed by atoms with E-state index in [0.29, 0.717) is 16.6 Å². The van der Waals surface area contributed by atoms with E-state index in [1.54, 1.807) is 12.1 Å². The van der Waals surface area contributed by atoms with E-state index in [2.05, 4.69) is 6.92 Å². The predicted molar refractivity (Wildman–Crippen MR) is 67.5 cm³/mol. The highest BCUT2D eigenvalue weighted by molar-refractivity contribution is 7.91. The topological polar surface area (TPSA) is 34.1 Å². The van der Waals surface area contributed by atoms with E-state index < -0.39 is 9.84 Å². The minimum absolute atomic E-state index is 0.300. The fourth-order valence-corrected chi connectivity index (χ4v) is 3.70. The van der Waals surface area contributed by atoms with Gasteiger partial charge in [0, 0.05) is 0 Å². The second-order valence-electron chi connectivity index (χ2n) is 3.90. The van der Waals surface area contributed by atoms with Crippen LogP contribution >= 0.6 is 0 Å². The first kappa shape index (κ1) is 13.2. The van der Waals surface area contributed by atoms with Crippen LogP contribution in [0.3, 0.4) is 0 Å². The van der Waals surface area contributed by atoms with E-state index in [-0.39, 0.29) is 0 Å². The average Bonchev–Trinajstić information content (AvgIpc) is 2.41. The van der Waals surface area contributed by atoms with Crippen LogP contribution < -0.4 is 0 Å². The maximum Gasteiger partial charge on any atom is 0.178 e. The molecule has 0 N–H and O–H groups in total. The van der Waals surface area contributed by atoms with E-state index >= 15 is 0 Å². The fourth-order valence-electron chi connectivity index (χ4n) is 2.02. The van der Waals surface area contributed by atoms with Gasteiger partial charge in [-0.25, -0.2) is 8.42 Å². The second-order valence-corrected chi connectivity index (χ2v) is 5.98. The Labute approximate surface area is 98.6 Å². The van der Waals surface area contributed by atoms with Crippen molar-refractivity contribution >= 4 is 9.84 Å². The maximum absolute atomic E-state index is 11.8. The summed E-state index contributed by atoms with van der Waals surface area (Å²) in [4.78, 5) is 0.546. The third-order valence-electron chi connectivity index (χ3n) is 2.84. The Morgan fingerprint density at radius 3 is 2.50 bits per heavy atom. The summed E-state index contributed by atoms with van der Waals surface area (Å²) in [5, 5.41) is 0. The molecule has 16 heavy (non-hydrogen) atoms. The lowest BCUT2D eigenvalue weighted by molar-refractivity contribution is 0.594. The molecule has 1 unspecified atom stereocenters. The van der Waals surface area contributed by atoms with E-state index in [1.165, 1.54) is 0 Å². The molecule has 0 bridgehead atoms. The lowest BCUT2D eigenvalue weighted by atomic mass is 9.97. The first-order valence-corrected chi connectivity index (χ1v) is 7.58.